The summed E-state index contributed by atoms with van der Waals surface area (Å²) in [4.78, 5) is 8.82. The van der Waals surface area contributed by atoms with Gasteiger partial charge < -0.3 is 4.98 Å². The van der Waals surface area contributed by atoms with E-state index in [9.17, 15) is 4.21 Å². The molecule has 0 aliphatic carbocycles. The molecule has 0 fully saturated rings. The summed E-state index contributed by atoms with van der Waals surface area (Å²) in [6.07, 6.45) is 4.67. The maximum Gasteiger partial charge on any atom is 0.0538 e. The van der Waals surface area contributed by atoms with E-state index in [0.717, 1.165) is 50.7 Å². The Kier molecular flexibility index (Phi) is 4.64. The molecule has 2 aromatic carbocycles. The van der Waals surface area contributed by atoms with Crippen LogP contribution in [0.5, 0.6) is 0 Å². The average molecular weight is 399 g/mol. The minimum atomic E-state index is -0.868. The van der Waals surface area contributed by atoms with Crippen LogP contribution in [0.15, 0.2) is 84.0 Å². The first kappa shape index (κ1) is 18.1. The summed E-state index contributed by atoms with van der Waals surface area (Å²) in [6.45, 7) is 2.17. The Morgan fingerprint density at radius 1 is 0.966 bits per heavy atom. The van der Waals surface area contributed by atoms with Crippen molar-refractivity contribution in [1.29, 1.82) is 0 Å². The highest BCUT2D eigenvalue weighted by molar-refractivity contribution is 7.85. The normalized spacial score (nSPS) is 18.0. The maximum atomic E-state index is 12.4. The Balaban J connectivity index is 1.66. The van der Waals surface area contributed by atoms with Crippen LogP contribution in [0, 0.1) is 0 Å². The van der Waals surface area contributed by atoms with Crippen molar-refractivity contribution in [2.45, 2.75) is 24.2 Å². The van der Waals surface area contributed by atoms with Crippen LogP contribution >= 0.6 is 0 Å². The van der Waals surface area contributed by atoms with E-state index in [1.807, 2.05) is 36.7 Å². The lowest BCUT2D eigenvalue weighted by Gasteiger charge is -2.08. The van der Waals surface area contributed by atoms with E-state index < -0.39 is 10.8 Å². The van der Waals surface area contributed by atoms with Gasteiger partial charge in [0.25, 0.3) is 0 Å². The molecule has 144 valence electrons. The number of nitrogens with one attached hydrogen (secondary N) is 1. The van der Waals surface area contributed by atoms with Crippen molar-refractivity contribution in [3.05, 3.63) is 84.7 Å². The number of pyridine rings is 1. The number of rotatable bonds is 4. The van der Waals surface area contributed by atoms with Gasteiger partial charge in [0.1, 0.15) is 0 Å². The summed E-state index contributed by atoms with van der Waals surface area (Å²) in [6, 6.07) is 23.1. The van der Waals surface area contributed by atoms with Crippen molar-refractivity contribution in [3.63, 3.8) is 0 Å². The molecule has 1 aliphatic heterocycles. The van der Waals surface area contributed by atoms with Gasteiger partial charge in [-0.3, -0.25) is 9.19 Å². The lowest BCUT2D eigenvalue weighted by Crippen LogP contribution is -1.96. The Labute approximate surface area is 173 Å². The summed E-state index contributed by atoms with van der Waals surface area (Å²) < 4.78 is 12.4. The van der Waals surface area contributed by atoms with Gasteiger partial charge in [-0.2, -0.15) is 0 Å². The van der Waals surface area contributed by atoms with E-state index in [0.29, 0.717) is 5.92 Å². The SMILES string of the molecule is CCC1CS(=O)c2ccc(-c3cc(-c4ccncc4)c(-c4ccccc4)[nH]3)cc21. The molecule has 1 aliphatic rings. The fraction of sp³-hybridized carbons (Fsp3) is 0.160. The summed E-state index contributed by atoms with van der Waals surface area (Å²) >= 11 is 0. The number of benzene rings is 2. The largest absolute Gasteiger partial charge is 0.354 e. The monoisotopic (exact) mass is 398 g/mol. The van der Waals surface area contributed by atoms with Crippen LogP contribution in [0.2, 0.25) is 0 Å². The van der Waals surface area contributed by atoms with E-state index in [2.05, 4.69) is 59.4 Å². The van der Waals surface area contributed by atoms with Gasteiger partial charge in [0, 0.05) is 34.3 Å². The second kappa shape index (κ2) is 7.45. The lowest BCUT2D eigenvalue weighted by molar-refractivity contribution is 0.680. The Hall–Kier alpha value is -2.98. The summed E-state index contributed by atoms with van der Waals surface area (Å²) in [5.41, 5.74) is 8.00. The van der Waals surface area contributed by atoms with Crippen molar-refractivity contribution in [2.24, 2.45) is 0 Å². The molecule has 1 N–H and O–H groups in total. The smallest absolute Gasteiger partial charge is 0.0538 e. The van der Waals surface area contributed by atoms with Crippen molar-refractivity contribution >= 4 is 10.8 Å². The predicted molar refractivity (Wildman–Crippen MR) is 119 cm³/mol. The van der Waals surface area contributed by atoms with Crippen LogP contribution in [0.1, 0.15) is 24.8 Å². The third-order valence-corrected chi connectivity index (χ3v) is 7.29. The lowest BCUT2D eigenvalue weighted by atomic mass is 9.96. The highest BCUT2D eigenvalue weighted by atomic mass is 32.2. The molecule has 3 nitrogen and oxygen atoms in total. The van der Waals surface area contributed by atoms with Crippen LogP contribution < -0.4 is 0 Å². The second-order valence-corrected chi connectivity index (χ2v) is 8.91. The summed E-state index contributed by atoms with van der Waals surface area (Å²) in [5.74, 6) is 1.13. The summed E-state index contributed by atoms with van der Waals surface area (Å²) in [5, 5.41) is 0. The van der Waals surface area contributed by atoms with Gasteiger partial charge in [-0.25, -0.2) is 0 Å². The van der Waals surface area contributed by atoms with Crippen molar-refractivity contribution in [3.8, 4) is 33.6 Å². The van der Waals surface area contributed by atoms with Gasteiger partial charge in [0.15, 0.2) is 0 Å². The van der Waals surface area contributed by atoms with E-state index in [1.54, 1.807) is 0 Å². The topological polar surface area (TPSA) is 45.8 Å². The van der Waals surface area contributed by atoms with Gasteiger partial charge in [-0.05, 0) is 64.9 Å². The fourth-order valence-corrected chi connectivity index (χ4v) is 5.81. The first-order chi connectivity index (χ1) is 14.2. The van der Waals surface area contributed by atoms with Gasteiger partial charge in [0.05, 0.1) is 16.5 Å². The highest BCUT2D eigenvalue weighted by Crippen LogP contribution is 2.40. The average Bonchev–Trinajstić information content (AvgIpc) is 3.36. The Bertz CT molecular complexity index is 1130. The summed E-state index contributed by atoms with van der Waals surface area (Å²) in [7, 11) is -0.868. The van der Waals surface area contributed by atoms with Crippen LogP contribution in [-0.4, -0.2) is 19.9 Å². The number of H-pyrrole nitrogens is 1. The molecule has 3 heterocycles. The zero-order valence-corrected chi connectivity index (χ0v) is 17.1. The van der Waals surface area contributed by atoms with E-state index in [1.165, 1.54) is 5.56 Å². The van der Waals surface area contributed by atoms with E-state index >= 15 is 0 Å². The van der Waals surface area contributed by atoms with E-state index in [-0.39, 0.29) is 0 Å². The fourth-order valence-electron chi connectivity index (χ4n) is 4.14. The zero-order valence-electron chi connectivity index (χ0n) is 16.3. The first-order valence-corrected chi connectivity index (χ1v) is 11.3. The highest BCUT2D eigenvalue weighted by Gasteiger charge is 2.27. The van der Waals surface area contributed by atoms with Crippen molar-refractivity contribution < 1.29 is 4.21 Å². The quantitative estimate of drug-likeness (QED) is 0.456. The Morgan fingerprint density at radius 3 is 2.52 bits per heavy atom. The van der Waals surface area contributed by atoms with Gasteiger partial charge in [-0.1, -0.05) is 43.3 Å². The third-order valence-electron chi connectivity index (χ3n) is 5.72. The molecule has 0 spiro atoms. The van der Waals surface area contributed by atoms with Crippen molar-refractivity contribution in [2.75, 3.05) is 5.75 Å². The number of hydrogen-bond donors (Lipinski definition) is 1. The number of hydrogen-bond acceptors (Lipinski definition) is 2. The van der Waals surface area contributed by atoms with Gasteiger partial charge in [0.2, 0.25) is 0 Å². The van der Waals surface area contributed by atoms with Crippen molar-refractivity contribution in [1.82, 2.24) is 9.97 Å². The van der Waals surface area contributed by atoms with E-state index in [4.69, 9.17) is 0 Å². The zero-order chi connectivity index (χ0) is 19.8. The second-order valence-electron chi connectivity index (χ2n) is 7.44. The minimum absolute atomic E-state index is 0.383. The first-order valence-electron chi connectivity index (χ1n) is 9.96. The molecule has 0 saturated heterocycles. The van der Waals surface area contributed by atoms with Crippen LogP contribution in [-0.2, 0) is 10.8 Å². The number of fused-ring (bicyclic) bond motifs is 1. The maximum absolute atomic E-state index is 12.4. The van der Waals surface area contributed by atoms with Gasteiger partial charge >= 0.3 is 0 Å². The van der Waals surface area contributed by atoms with Gasteiger partial charge in [-0.15, -0.1) is 0 Å². The molecule has 0 amide bonds. The van der Waals surface area contributed by atoms with Crippen LogP contribution in [0.3, 0.4) is 0 Å². The molecule has 4 heteroatoms. The van der Waals surface area contributed by atoms with Crippen LogP contribution in [0.4, 0.5) is 0 Å². The molecule has 0 radical (unpaired) electrons. The molecular weight excluding hydrogens is 376 g/mol. The molecule has 5 rings (SSSR count). The molecule has 2 atom stereocenters. The van der Waals surface area contributed by atoms with Crippen LogP contribution in [0.25, 0.3) is 33.6 Å². The molecular formula is C25H22N2OS. The minimum Gasteiger partial charge on any atom is -0.354 e. The molecule has 0 bridgehead atoms. The number of nitrogens with zero attached hydrogens (tertiary/aromatic N) is 1. The molecule has 2 aromatic heterocycles. The number of aromatic amines is 1. The number of aromatic nitrogens is 2. The molecule has 4 aromatic rings. The standard InChI is InChI=1S/C25H22N2OS/c1-2-17-16-29(28)24-9-8-20(14-21(17)24)23-15-22(18-10-12-26-13-11-18)25(27-23)19-6-4-3-5-7-19/h3-15,17,27H,2,16H2,1H3. The third kappa shape index (κ3) is 3.23. The predicted octanol–water partition coefficient (Wildman–Crippen LogP) is 6.03. The molecule has 2 unspecified atom stereocenters. The Morgan fingerprint density at radius 2 is 1.76 bits per heavy atom. The molecule has 0 saturated carbocycles. The molecule has 29 heavy (non-hydrogen) atoms.